The largest absolute Gasteiger partial charge is 0.375 e. The zero-order valence-corrected chi connectivity index (χ0v) is 20.1. The molecular formula is C24H24ClFN6O3. The molecule has 182 valence electrons. The van der Waals surface area contributed by atoms with Crippen molar-refractivity contribution in [2.75, 3.05) is 26.7 Å². The number of likely N-dealkylation sites (N-methyl/N-ethyl adjacent to an activating group) is 1. The Kier molecular flexibility index (Phi) is 6.26. The topological polar surface area (TPSA) is 86.7 Å². The molecule has 1 atom stereocenters. The van der Waals surface area contributed by atoms with Crippen molar-refractivity contribution in [3.8, 4) is 11.3 Å². The highest BCUT2D eigenvalue weighted by Gasteiger charge is 2.24. The van der Waals surface area contributed by atoms with Crippen molar-refractivity contribution in [1.82, 2.24) is 28.6 Å². The van der Waals surface area contributed by atoms with Gasteiger partial charge in [-0.2, -0.15) is 5.10 Å². The number of nitrogens with zero attached hydrogens (tertiary/aromatic N) is 6. The molecule has 11 heteroatoms. The number of fused-ring (bicyclic) bond motifs is 1. The minimum atomic E-state index is -0.424. The van der Waals surface area contributed by atoms with Gasteiger partial charge in [-0.1, -0.05) is 11.6 Å². The maximum atomic E-state index is 15.2. The van der Waals surface area contributed by atoms with E-state index in [4.69, 9.17) is 16.3 Å². The van der Waals surface area contributed by atoms with Gasteiger partial charge in [-0.05, 0) is 30.8 Å². The van der Waals surface area contributed by atoms with Gasteiger partial charge in [-0.3, -0.25) is 9.36 Å². The lowest BCUT2D eigenvalue weighted by Gasteiger charge is -2.30. The van der Waals surface area contributed by atoms with Crippen molar-refractivity contribution in [2.45, 2.75) is 19.1 Å². The molecular weight excluding hydrogens is 475 g/mol. The second-order valence-corrected chi connectivity index (χ2v) is 9.23. The number of morpholine rings is 1. The van der Waals surface area contributed by atoms with Crippen molar-refractivity contribution in [2.24, 2.45) is 7.05 Å². The Labute approximate surface area is 205 Å². The third kappa shape index (κ3) is 4.64. The van der Waals surface area contributed by atoms with E-state index in [1.807, 2.05) is 7.05 Å². The molecule has 0 amide bonds. The minimum Gasteiger partial charge on any atom is -0.375 e. The average molecular weight is 499 g/mol. The first-order valence-electron chi connectivity index (χ1n) is 11.2. The van der Waals surface area contributed by atoms with Crippen LogP contribution in [0.25, 0.3) is 16.8 Å². The number of hydrogen-bond donors (Lipinski definition) is 0. The standard InChI is InChI=1S/C24H24ClFN6O3/c1-29-5-6-35-17(13-29)10-18-19(8-16(25)9-20(18)26)23-21-7-15(12-32(21)28-14-27-23)11-31-22(33)3-4-30(2)24(31)34/h3-4,7-9,12,14,17H,5-6,10-11,13H2,1-2H3. The maximum absolute atomic E-state index is 15.2. The van der Waals surface area contributed by atoms with Gasteiger partial charge in [0.15, 0.2) is 0 Å². The molecule has 5 rings (SSSR count). The highest BCUT2D eigenvalue weighted by atomic mass is 35.5. The molecule has 1 unspecified atom stereocenters. The Bertz CT molecular complexity index is 1530. The third-order valence-electron chi connectivity index (χ3n) is 6.23. The molecule has 0 radical (unpaired) electrons. The molecule has 3 aromatic heterocycles. The normalized spacial score (nSPS) is 16.7. The first kappa shape index (κ1) is 23.4. The second kappa shape index (κ2) is 9.37. The molecule has 1 aromatic carbocycles. The van der Waals surface area contributed by atoms with Gasteiger partial charge in [0.25, 0.3) is 5.56 Å². The van der Waals surface area contributed by atoms with Gasteiger partial charge in [-0.15, -0.1) is 0 Å². The van der Waals surface area contributed by atoms with Gasteiger partial charge in [0, 0.05) is 61.2 Å². The molecule has 0 N–H and O–H groups in total. The van der Waals surface area contributed by atoms with E-state index < -0.39 is 17.1 Å². The number of benzene rings is 1. The van der Waals surface area contributed by atoms with Crippen LogP contribution in [0.5, 0.6) is 0 Å². The molecule has 0 spiro atoms. The van der Waals surface area contributed by atoms with Gasteiger partial charge < -0.3 is 14.2 Å². The Balaban J connectivity index is 1.58. The molecule has 0 saturated carbocycles. The zero-order valence-electron chi connectivity index (χ0n) is 19.3. The van der Waals surface area contributed by atoms with E-state index in [2.05, 4.69) is 15.0 Å². The molecule has 1 saturated heterocycles. The number of halogens is 2. The van der Waals surface area contributed by atoms with Crippen LogP contribution in [0, 0.1) is 5.82 Å². The summed E-state index contributed by atoms with van der Waals surface area (Å²) in [6, 6.07) is 6.13. The van der Waals surface area contributed by atoms with Crippen molar-refractivity contribution in [1.29, 1.82) is 0 Å². The van der Waals surface area contributed by atoms with Crippen LogP contribution in [-0.4, -0.2) is 61.5 Å². The van der Waals surface area contributed by atoms with Gasteiger partial charge in [0.1, 0.15) is 12.1 Å². The first-order chi connectivity index (χ1) is 16.8. The lowest BCUT2D eigenvalue weighted by Crippen LogP contribution is -2.41. The molecule has 1 fully saturated rings. The molecule has 0 aliphatic carbocycles. The lowest BCUT2D eigenvalue weighted by molar-refractivity contribution is -0.0188. The van der Waals surface area contributed by atoms with Crippen molar-refractivity contribution >= 4 is 17.1 Å². The summed E-state index contributed by atoms with van der Waals surface area (Å²) in [5.74, 6) is -0.424. The van der Waals surface area contributed by atoms with Crippen molar-refractivity contribution in [3.05, 3.63) is 85.8 Å². The third-order valence-corrected chi connectivity index (χ3v) is 6.45. The highest BCUT2D eigenvalue weighted by Crippen LogP contribution is 2.32. The molecule has 35 heavy (non-hydrogen) atoms. The lowest BCUT2D eigenvalue weighted by atomic mass is 9.97. The molecule has 1 aliphatic heterocycles. The summed E-state index contributed by atoms with van der Waals surface area (Å²) in [4.78, 5) is 31.3. The summed E-state index contributed by atoms with van der Waals surface area (Å²) in [7, 11) is 3.59. The Hall–Kier alpha value is -3.34. The van der Waals surface area contributed by atoms with Gasteiger partial charge in [-0.25, -0.2) is 18.7 Å². The van der Waals surface area contributed by atoms with Crippen molar-refractivity contribution < 1.29 is 9.13 Å². The predicted octanol–water partition coefficient (Wildman–Crippen LogP) is 1.97. The summed E-state index contributed by atoms with van der Waals surface area (Å²) in [5, 5.41) is 4.52. The Morgan fingerprint density at radius 2 is 2.06 bits per heavy atom. The van der Waals surface area contributed by atoms with E-state index in [9.17, 15) is 9.59 Å². The van der Waals surface area contributed by atoms with E-state index in [0.29, 0.717) is 47.5 Å². The molecule has 4 heterocycles. The summed E-state index contributed by atoms with van der Waals surface area (Å²) < 4.78 is 25.1. The Morgan fingerprint density at radius 3 is 2.86 bits per heavy atom. The quantitative estimate of drug-likeness (QED) is 0.418. The fourth-order valence-electron chi connectivity index (χ4n) is 4.46. The number of rotatable bonds is 5. The maximum Gasteiger partial charge on any atom is 0.331 e. The number of aryl methyl sites for hydroxylation is 1. The SMILES string of the molecule is CN1CCOC(Cc2c(F)cc(Cl)cc2-c2ncnn3cc(Cn4c(=O)ccn(C)c4=O)cc23)C1. The summed E-state index contributed by atoms with van der Waals surface area (Å²) in [5.41, 5.74) is 1.98. The summed E-state index contributed by atoms with van der Waals surface area (Å²) >= 11 is 6.25. The Morgan fingerprint density at radius 1 is 1.23 bits per heavy atom. The monoisotopic (exact) mass is 498 g/mol. The van der Waals surface area contributed by atoms with Gasteiger partial charge in [0.05, 0.1) is 30.5 Å². The molecule has 9 nitrogen and oxygen atoms in total. The summed E-state index contributed by atoms with van der Waals surface area (Å²) in [6.07, 6.45) is 4.74. The predicted molar refractivity (Wildman–Crippen MR) is 129 cm³/mol. The van der Waals surface area contributed by atoms with Gasteiger partial charge in [0.2, 0.25) is 0 Å². The highest BCUT2D eigenvalue weighted by molar-refractivity contribution is 6.31. The van der Waals surface area contributed by atoms with Crippen LogP contribution >= 0.6 is 11.6 Å². The second-order valence-electron chi connectivity index (χ2n) is 8.79. The van der Waals surface area contributed by atoms with Crippen LogP contribution in [-0.2, 0) is 24.8 Å². The van der Waals surface area contributed by atoms with Crippen molar-refractivity contribution in [3.63, 3.8) is 0 Å². The molecule has 0 bridgehead atoms. The fourth-order valence-corrected chi connectivity index (χ4v) is 4.66. The van der Waals surface area contributed by atoms with Crippen LogP contribution in [0.4, 0.5) is 4.39 Å². The van der Waals surface area contributed by atoms with Crippen LogP contribution < -0.4 is 11.2 Å². The van der Waals surface area contributed by atoms with Gasteiger partial charge >= 0.3 is 5.69 Å². The average Bonchev–Trinajstić information content (AvgIpc) is 3.24. The number of aromatic nitrogens is 5. The number of hydrogen-bond acceptors (Lipinski definition) is 6. The molecule has 4 aromatic rings. The minimum absolute atomic E-state index is 0.0637. The molecule has 1 aliphatic rings. The van der Waals surface area contributed by atoms with E-state index in [1.54, 1.807) is 29.9 Å². The van der Waals surface area contributed by atoms with E-state index in [1.165, 1.54) is 29.2 Å². The zero-order chi connectivity index (χ0) is 24.7. The fraction of sp³-hybridized carbons (Fsp3) is 0.333. The summed E-state index contributed by atoms with van der Waals surface area (Å²) in [6.45, 7) is 2.17. The first-order valence-corrected chi connectivity index (χ1v) is 11.5. The smallest absolute Gasteiger partial charge is 0.331 e. The number of ether oxygens (including phenoxy) is 1. The van der Waals surface area contributed by atoms with E-state index >= 15 is 4.39 Å². The van der Waals surface area contributed by atoms with Crippen LogP contribution in [0.3, 0.4) is 0 Å². The van der Waals surface area contributed by atoms with E-state index in [-0.39, 0.29) is 17.7 Å². The van der Waals surface area contributed by atoms with Crippen LogP contribution in [0.2, 0.25) is 5.02 Å². The van der Waals surface area contributed by atoms with Crippen LogP contribution in [0.1, 0.15) is 11.1 Å². The van der Waals surface area contributed by atoms with E-state index in [0.717, 1.165) is 11.1 Å². The van der Waals surface area contributed by atoms with Crippen LogP contribution in [0.15, 0.2) is 52.6 Å².